The molecule has 0 aliphatic heterocycles. The van der Waals surface area contributed by atoms with Gasteiger partial charge in [-0.2, -0.15) is 0 Å². The molecule has 0 spiro atoms. The van der Waals surface area contributed by atoms with Gasteiger partial charge in [-0.25, -0.2) is 0 Å². The van der Waals surface area contributed by atoms with Crippen LogP contribution in [0, 0.1) is 0 Å². The standard InChI is InChI=1S/C14H21NO4/c1-15(7-3-2-4-8-16)10-14(19)12-6-5-11(17)9-13(12)18/h5-6,9,16-18H,2-4,7-8,10H2,1H3. The van der Waals surface area contributed by atoms with E-state index in [9.17, 15) is 9.90 Å². The number of rotatable bonds is 8. The van der Waals surface area contributed by atoms with Crippen molar-refractivity contribution in [2.45, 2.75) is 19.3 Å². The van der Waals surface area contributed by atoms with E-state index < -0.39 is 0 Å². The zero-order chi connectivity index (χ0) is 14.3. The maximum Gasteiger partial charge on any atom is 0.180 e. The third kappa shape index (κ3) is 5.28. The zero-order valence-electron chi connectivity index (χ0n) is 11.2. The van der Waals surface area contributed by atoms with Crippen LogP contribution in [0.25, 0.3) is 0 Å². The van der Waals surface area contributed by atoms with E-state index in [0.717, 1.165) is 31.9 Å². The largest absolute Gasteiger partial charge is 0.508 e. The summed E-state index contributed by atoms with van der Waals surface area (Å²) in [5.41, 5.74) is 0.222. The Morgan fingerprint density at radius 1 is 1.21 bits per heavy atom. The number of hydrogen-bond donors (Lipinski definition) is 3. The summed E-state index contributed by atoms with van der Waals surface area (Å²) < 4.78 is 0. The maximum atomic E-state index is 12.0. The zero-order valence-corrected chi connectivity index (χ0v) is 11.2. The third-order valence-corrected chi connectivity index (χ3v) is 2.89. The Labute approximate surface area is 113 Å². The number of phenols is 2. The van der Waals surface area contributed by atoms with E-state index in [1.165, 1.54) is 12.1 Å². The lowest BCUT2D eigenvalue weighted by molar-refractivity contribution is 0.0942. The summed E-state index contributed by atoms with van der Waals surface area (Å²) in [6, 6.07) is 3.97. The Balaban J connectivity index is 2.45. The fraction of sp³-hybridized carbons (Fsp3) is 0.500. The first-order valence-corrected chi connectivity index (χ1v) is 6.39. The minimum absolute atomic E-state index is 0.0635. The first kappa shape index (κ1) is 15.5. The predicted molar refractivity (Wildman–Crippen MR) is 72.5 cm³/mol. The van der Waals surface area contributed by atoms with Gasteiger partial charge in [0.2, 0.25) is 0 Å². The second-order valence-electron chi connectivity index (χ2n) is 4.65. The summed E-state index contributed by atoms with van der Waals surface area (Å²) in [5, 5.41) is 27.4. The number of carbonyl (C=O) groups excluding carboxylic acids is 1. The van der Waals surface area contributed by atoms with Crippen LogP contribution in [0.2, 0.25) is 0 Å². The van der Waals surface area contributed by atoms with E-state index in [2.05, 4.69) is 0 Å². The summed E-state index contributed by atoms with van der Waals surface area (Å²) in [5.74, 6) is -0.438. The molecule has 0 fully saturated rings. The summed E-state index contributed by atoms with van der Waals surface area (Å²) in [7, 11) is 1.84. The van der Waals surface area contributed by atoms with Gasteiger partial charge in [0.15, 0.2) is 5.78 Å². The van der Waals surface area contributed by atoms with E-state index >= 15 is 0 Å². The van der Waals surface area contributed by atoms with Crippen molar-refractivity contribution in [1.29, 1.82) is 0 Å². The van der Waals surface area contributed by atoms with Crippen molar-refractivity contribution in [2.24, 2.45) is 0 Å². The Bertz CT molecular complexity index is 420. The average Bonchev–Trinajstić information content (AvgIpc) is 2.34. The minimum atomic E-state index is -0.196. The molecule has 0 aliphatic rings. The highest BCUT2D eigenvalue weighted by molar-refractivity contribution is 6.00. The van der Waals surface area contributed by atoms with E-state index in [-0.39, 0.29) is 36.0 Å². The quantitative estimate of drug-likeness (QED) is 0.489. The molecule has 5 heteroatoms. The van der Waals surface area contributed by atoms with Crippen LogP contribution in [-0.2, 0) is 0 Å². The van der Waals surface area contributed by atoms with Gasteiger partial charge in [-0.05, 0) is 45.0 Å². The first-order valence-electron chi connectivity index (χ1n) is 6.39. The van der Waals surface area contributed by atoms with Crippen LogP contribution in [0.3, 0.4) is 0 Å². The molecule has 0 heterocycles. The van der Waals surface area contributed by atoms with Crippen molar-refractivity contribution in [3.8, 4) is 11.5 Å². The van der Waals surface area contributed by atoms with E-state index in [0.29, 0.717) is 0 Å². The summed E-state index contributed by atoms with van der Waals surface area (Å²) in [4.78, 5) is 13.8. The van der Waals surface area contributed by atoms with Crippen molar-refractivity contribution in [1.82, 2.24) is 4.90 Å². The fourth-order valence-electron chi connectivity index (χ4n) is 1.84. The van der Waals surface area contributed by atoms with E-state index in [1.807, 2.05) is 11.9 Å². The topological polar surface area (TPSA) is 81.0 Å². The molecule has 0 aliphatic carbocycles. The third-order valence-electron chi connectivity index (χ3n) is 2.89. The number of benzene rings is 1. The van der Waals surface area contributed by atoms with Crippen molar-refractivity contribution in [3.63, 3.8) is 0 Å². The molecule has 3 N–H and O–H groups in total. The van der Waals surface area contributed by atoms with Gasteiger partial charge in [-0.15, -0.1) is 0 Å². The number of aliphatic hydroxyl groups is 1. The number of aromatic hydroxyl groups is 2. The number of carbonyl (C=O) groups is 1. The molecule has 19 heavy (non-hydrogen) atoms. The smallest absolute Gasteiger partial charge is 0.180 e. The molecule has 0 saturated carbocycles. The summed E-state index contributed by atoms with van der Waals surface area (Å²) in [6.07, 6.45) is 2.63. The van der Waals surface area contributed by atoms with Crippen LogP contribution in [0.15, 0.2) is 18.2 Å². The highest BCUT2D eigenvalue weighted by Gasteiger charge is 2.13. The van der Waals surface area contributed by atoms with Crippen molar-refractivity contribution >= 4 is 5.78 Å². The fourth-order valence-corrected chi connectivity index (χ4v) is 1.84. The predicted octanol–water partition coefficient (Wildman–Crippen LogP) is 1.37. The van der Waals surface area contributed by atoms with Crippen molar-refractivity contribution < 1.29 is 20.1 Å². The van der Waals surface area contributed by atoms with Crippen LogP contribution in [0.5, 0.6) is 11.5 Å². The molecule has 0 atom stereocenters. The minimum Gasteiger partial charge on any atom is -0.508 e. The van der Waals surface area contributed by atoms with Gasteiger partial charge in [0, 0.05) is 12.7 Å². The summed E-state index contributed by atoms with van der Waals surface area (Å²) >= 11 is 0. The van der Waals surface area contributed by atoms with Gasteiger partial charge in [0.25, 0.3) is 0 Å². The highest BCUT2D eigenvalue weighted by atomic mass is 16.3. The van der Waals surface area contributed by atoms with Gasteiger partial charge in [0.1, 0.15) is 11.5 Å². The van der Waals surface area contributed by atoms with Crippen LogP contribution in [-0.4, -0.2) is 52.7 Å². The molecule has 1 rings (SSSR count). The van der Waals surface area contributed by atoms with Gasteiger partial charge >= 0.3 is 0 Å². The normalized spacial score (nSPS) is 10.9. The molecule has 0 aromatic heterocycles. The number of ketones is 1. The second-order valence-corrected chi connectivity index (χ2v) is 4.65. The van der Waals surface area contributed by atoms with E-state index in [1.54, 1.807) is 0 Å². The van der Waals surface area contributed by atoms with Crippen LogP contribution < -0.4 is 0 Å². The van der Waals surface area contributed by atoms with Crippen LogP contribution in [0.1, 0.15) is 29.6 Å². The van der Waals surface area contributed by atoms with Crippen molar-refractivity contribution in [3.05, 3.63) is 23.8 Å². The molecular weight excluding hydrogens is 246 g/mol. The van der Waals surface area contributed by atoms with Gasteiger partial charge < -0.3 is 15.3 Å². The lowest BCUT2D eigenvalue weighted by Gasteiger charge is -2.15. The molecule has 0 bridgehead atoms. The Morgan fingerprint density at radius 3 is 2.58 bits per heavy atom. The number of nitrogens with zero attached hydrogens (tertiary/aromatic N) is 1. The average molecular weight is 267 g/mol. The lowest BCUT2D eigenvalue weighted by atomic mass is 10.1. The van der Waals surface area contributed by atoms with Gasteiger partial charge in [-0.3, -0.25) is 9.69 Å². The summed E-state index contributed by atoms with van der Waals surface area (Å²) in [6.45, 7) is 1.19. The van der Waals surface area contributed by atoms with Crippen LogP contribution >= 0.6 is 0 Å². The Morgan fingerprint density at radius 2 is 1.95 bits per heavy atom. The monoisotopic (exact) mass is 267 g/mol. The number of Topliss-reactive ketones (excluding diaryl/α,β-unsaturated/α-hetero) is 1. The lowest BCUT2D eigenvalue weighted by Crippen LogP contribution is -2.27. The first-order chi connectivity index (χ1) is 9.04. The number of unbranched alkanes of at least 4 members (excludes halogenated alkanes) is 2. The maximum absolute atomic E-state index is 12.0. The molecule has 0 unspecified atom stereocenters. The Kier molecular flexibility index (Phi) is 6.32. The second kappa shape index (κ2) is 7.76. The van der Waals surface area contributed by atoms with Gasteiger partial charge in [-0.1, -0.05) is 0 Å². The number of hydrogen-bond acceptors (Lipinski definition) is 5. The highest BCUT2D eigenvalue weighted by Crippen LogP contribution is 2.23. The number of phenolic OH excluding ortho intramolecular Hbond substituents is 2. The van der Waals surface area contributed by atoms with E-state index in [4.69, 9.17) is 10.2 Å². The molecule has 1 aromatic carbocycles. The molecule has 1 aromatic rings. The molecular formula is C14H21NO4. The van der Waals surface area contributed by atoms with Gasteiger partial charge in [0.05, 0.1) is 12.1 Å². The number of likely N-dealkylation sites (N-methyl/N-ethyl adjacent to an activating group) is 1. The molecule has 0 radical (unpaired) electrons. The van der Waals surface area contributed by atoms with Crippen molar-refractivity contribution in [2.75, 3.05) is 26.7 Å². The molecule has 106 valence electrons. The number of aliphatic hydroxyl groups excluding tert-OH is 1. The Hall–Kier alpha value is -1.59. The molecule has 0 saturated heterocycles. The SMILES string of the molecule is CN(CCCCCO)CC(=O)c1ccc(O)cc1O. The molecule has 5 nitrogen and oxygen atoms in total. The van der Waals surface area contributed by atoms with Crippen LogP contribution in [0.4, 0.5) is 0 Å². The molecule has 0 amide bonds.